The Morgan fingerprint density at radius 1 is 1.12 bits per heavy atom. The zero-order valence-corrected chi connectivity index (χ0v) is 20.0. The van der Waals surface area contributed by atoms with Crippen molar-refractivity contribution in [1.82, 2.24) is 4.31 Å². The Hall–Kier alpha value is -2.76. The number of carbonyl (C=O) groups excluding carboxylic acids is 2. The number of benzene rings is 2. The highest BCUT2D eigenvalue weighted by atomic mass is 32.2. The maximum absolute atomic E-state index is 12.9. The van der Waals surface area contributed by atoms with Gasteiger partial charge in [-0.25, -0.2) is 12.7 Å². The van der Waals surface area contributed by atoms with E-state index in [0.29, 0.717) is 22.9 Å². The van der Waals surface area contributed by atoms with Gasteiger partial charge in [-0.1, -0.05) is 0 Å². The number of nitrogens with one attached hydrogen (secondary N) is 1. The summed E-state index contributed by atoms with van der Waals surface area (Å²) >= 11 is 1.24. The highest BCUT2D eigenvalue weighted by Crippen LogP contribution is 2.41. The van der Waals surface area contributed by atoms with Crippen molar-refractivity contribution in [2.75, 3.05) is 45.6 Å². The molecule has 1 heterocycles. The van der Waals surface area contributed by atoms with Crippen LogP contribution in [0.15, 0.2) is 46.2 Å². The van der Waals surface area contributed by atoms with Crippen molar-refractivity contribution in [3.63, 3.8) is 0 Å². The van der Waals surface area contributed by atoms with Gasteiger partial charge in [0.1, 0.15) is 11.5 Å². The normalized spacial score (nSPS) is 16.0. The quantitative estimate of drug-likeness (QED) is 0.650. The molecule has 0 bridgehead atoms. The number of hydrogen-bond donors (Lipinski definition) is 1. The average Bonchev–Trinajstić information content (AvgIpc) is 2.76. The average molecular weight is 480 g/mol. The van der Waals surface area contributed by atoms with Crippen LogP contribution in [0, 0.1) is 0 Å². The molecule has 2 aromatic carbocycles. The third-order valence-electron chi connectivity index (χ3n) is 4.95. The largest absolute Gasteiger partial charge is 0.497 e. The summed E-state index contributed by atoms with van der Waals surface area (Å²) < 4.78 is 36.4. The third kappa shape index (κ3) is 4.84. The second-order valence-corrected chi connectivity index (χ2v) is 10.7. The minimum absolute atomic E-state index is 0.0510. The number of methoxy groups -OCH3 is 2. The third-order valence-corrected chi connectivity index (χ3v) is 8.01. The van der Waals surface area contributed by atoms with Gasteiger partial charge in [-0.15, -0.1) is 11.8 Å². The van der Waals surface area contributed by atoms with Crippen LogP contribution in [0.25, 0.3) is 0 Å². The predicted molar refractivity (Wildman–Crippen MR) is 123 cm³/mol. The van der Waals surface area contributed by atoms with E-state index in [9.17, 15) is 18.0 Å². The first-order chi connectivity index (χ1) is 15.1. The van der Waals surface area contributed by atoms with E-state index in [4.69, 9.17) is 9.47 Å². The van der Waals surface area contributed by atoms with Crippen molar-refractivity contribution in [1.29, 1.82) is 0 Å². The van der Waals surface area contributed by atoms with Crippen LogP contribution in [0.4, 0.5) is 11.4 Å². The van der Waals surface area contributed by atoms with Gasteiger partial charge < -0.3 is 19.7 Å². The Labute approximate surface area is 191 Å². The number of carbonyl (C=O) groups is 2. The van der Waals surface area contributed by atoms with Gasteiger partial charge in [0.2, 0.25) is 21.8 Å². The van der Waals surface area contributed by atoms with Gasteiger partial charge in [-0.2, -0.15) is 0 Å². The molecule has 0 spiro atoms. The number of hydrogen-bond acceptors (Lipinski definition) is 7. The van der Waals surface area contributed by atoms with E-state index in [1.54, 1.807) is 31.3 Å². The first-order valence-corrected chi connectivity index (χ1v) is 11.9. The highest BCUT2D eigenvalue weighted by molar-refractivity contribution is 8.01. The van der Waals surface area contributed by atoms with E-state index in [2.05, 4.69) is 5.32 Å². The second kappa shape index (κ2) is 9.39. The number of anilines is 2. The highest BCUT2D eigenvalue weighted by Gasteiger charge is 2.34. The molecule has 32 heavy (non-hydrogen) atoms. The smallest absolute Gasteiger partial charge is 0.242 e. The molecule has 11 heteroatoms. The maximum Gasteiger partial charge on any atom is 0.242 e. The Bertz CT molecular complexity index is 1130. The summed E-state index contributed by atoms with van der Waals surface area (Å²) in [7, 11) is 3.87. The Morgan fingerprint density at radius 2 is 1.75 bits per heavy atom. The van der Waals surface area contributed by atoms with Gasteiger partial charge in [0, 0.05) is 56.3 Å². The number of nitrogens with zero attached hydrogens (tertiary/aromatic N) is 2. The van der Waals surface area contributed by atoms with Gasteiger partial charge in [-0.05, 0) is 18.2 Å². The van der Waals surface area contributed by atoms with E-state index in [1.165, 1.54) is 57.1 Å². The minimum atomic E-state index is -3.63. The van der Waals surface area contributed by atoms with Crippen LogP contribution in [-0.4, -0.2) is 65.1 Å². The fraction of sp³-hybridized carbons (Fsp3) is 0.333. The first kappa shape index (κ1) is 23.9. The lowest BCUT2D eigenvalue weighted by molar-refractivity contribution is -0.122. The molecule has 0 radical (unpaired) electrons. The molecule has 1 unspecified atom stereocenters. The molecule has 1 atom stereocenters. The monoisotopic (exact) mass is 479 g/mol. The van der Waals surface area contributed by atoms with Gasteiger partial charge >= 0.3 is 0 Å². The summed E-state index contributed by atoms with van der Waals surface area (Å²) in [4.78, 5) is 27.8. The van der Waals surface area contributed by atoms with Crippen LogP contribution in [0.3, 0.4) is 0 Å². The molecular formula is C21H25N3O6S2. The first-order valence-electron chi connectivity index (χ1n) is 9.60. The van der Waals surface area contributed by atoms with Crippen LogP contribution >= 0.6 is 11.8 Å². The molecule has 0 aromatic heterocycles. The summed E-state index contributed by atoms with van der Waals surface area (Å²) in [5.74, 6) is 0.440. The zero-order chi connectivity index (χ0) is 23.6. The topological polar surface area (TPSA) is 105 Å². The van der Waals surface area contributed by atoms with Crippen molar-refractivity contribution in [3.05, 3.63) is 36.4 Å². The molecule has 3 rings (SSSR count). The fourth-order valence-corrected chi connectivity index (χ4v) is 5.34. The van der Waals surface area contributed by atoms with Gasteiger partial charge in [0.05, 0.1) is 30.1 Å². The maximum atomic E-state index is 12.9. The summed E-state index contributed by atoms with van der Waals surface area (Å²) in [6, 6.07) is 9.65. The SMILES string of the molecule is COc1cc(NC(=O)CC2Sc3ccc(S(=O)(=O)N(C)C)cc3N(C)C2=O)cc(OC)c1. The Balaban J connectivity index is 1.78. The standard InChI is InChI=1S/C21H25N3O6S2/c1-23(2)32(27,28)16-6-7-18-17(11-16)24(3)21(26)19(31-18)12-20(25)22-13-8-14(29-4)10-15(9-13)30-5/h6-11,19H,12H2,1-5H3,(H,22,25). The van der Waals surface area contributed by atoms with Crippen LogP contribution in [0.5, 0.6) is 11.5 Å². The Kier molecular flexibility index (Phi) is 7.01. The lowest BCUT2D eigenvalue weighted by Gasteiger charge is -2.31. The molecule has 0 aliphatic carbocycles. The Morgan fingerprint density at radius 3 is 2.31 bits per heavy atom. The number of fused-ring (bicyclic) bond motifs is 1. The summed E-state index contributed by atoms with van der Waals surface area (Å²) in [6.07, 6.45) is -0.0510. The molecule has 2 amide bonds. The number of sulfonamides is 1. The van der Waals surface area contributed by atoms with Crippen molar-refractivity contribution >= 4 is 45.0 Å². The van der Waals surface area contributed by atoms with E-state index >= 15 is 0 Å². The van der Waals surface area contributed by atoms with Gasteiger partial charge in [-0.3, -0.25) is 9.59 Å². The van der Waals surface area contributed by atoms with Crippen molar-refractivity contribution in [2.24, 2.45) is 0 Å². The zero-order valence-electron chi connectivity index (χ0n) is 18.4. The molecule has 1 aliphatic heterocycles. The molecule has 0 fully saturated rings. The molecule has 2 aromatic rings. The summed E-state index contributed by atoms with van der Waals surface area (Å²) in [5, 5.41) is 2.13. The van der Waals surface area contributed by atoms with Crippen LogP contribution in [-0.2, 0) is 19.6 Å². The van der Waals surface area contributed by atoms with Crippen molar-refractivity contribution in [3.8, 4) is 11.5 Å². The second-order valence-electron chi connectivity index (χ2n) is 7.27. The lowest BCUT2D eigenvalue weighted by Crippen LogP contribution is -2.40. The number of amides is 2. The summed E-state index contributed by atoms with van der Waals surface area (Å²) in [5.41, 5.74) is 0.990. The number of ether oxygens (including phenoxy) is 2. The molecule has 1 N–H and O–H groups in total. The molecule has 172 valence electrons. The van der Waals surface area contributed by atoms with E-state index in [0.717, 1.165) is 9.20 Å². The van der Waals surface area contributed by atoms with Crippen molar-refractivity contribution in [2.45, 2.75) is 21.5 Å². The molecule has 9 nitrogen and oxygen atoms in total. The lowest BCUT2D eigenvalue weighted by atomic mass is 10.2. The molecule has 1 aliphatic rings. The predicted octanol–water partition coefficient (Wildman–Crippen LogP) is 2.42. The van der Waals surface area contributed by atoms with Crippen molar-refractivity contribution < 1.29 is 27.5 Å². The molecule has 0 saturated carbocycles. The van der Waals surface area contributed by atoms with Gasteiger partial charge in [0.25, 0.3) is 0 Å². The molecule has 0 saturated heterocycles. The van der Waals surface area contributed by atoms with E-state index in [-0.39, 0.29) is 23.1 Å². The number of thioether (sulfide) groups is 1. The number of rotatable bonds is 7. The fourth-order valence-electron chi connectivity index (χ4n) is 3.16. The molecular weight excluding hydrogens is 454 g/mol. The summed E-state index contributed by atoms with van der Waals surface area (Å²) in [6.45, 7) is 0. The van der Waals surface area contributed by atoms with Crippen LogP contribution in [0.1, 0.15) is 6.42 Å². The van der Waals surface area contributed by atoms with Gasteiger partial charge in [0.15, 0.2) is 0 Å². The van der Waals surface area contributed by atoms with E-state index in [1.807, 2.05) is 0 Å². The van der Waals surface area contributed by atoms with Crippen LogP contribution < -0.4 is 19.7 Å². The van der Waals surface area contributed by atoms with Crippen LogP contribution in [0.2, 0.25) is 0 Å². The van der Waals surface area contributed by atoms with E-state index < -0.39 is 15.3 Å². The minimum Gasteiger partial charge on any atom is -0.497 e.